The Morgan fingerprint density at radius 2 is 2.06 bits per heavy atom. The molecule has 0 radical (unpaired) electrons. The van der Waals surface area contributed by atoms with Crippen LogP contribution in [0.1, 0.15) is 28.8 Å². The number of hydrogen-bond acceptors (Lipinski definition) is 5. The Morgan fingerprint density at radius 3 is 2.91 bits per heavy atom. The minimum Gasteiger partial charge on any atom is -0.496 e. The van der Waals surface area contributed by atoms with E-state index in [0.717, 1.165) is 47.2 Å². The molecule has 0 spiro atoms. The first kappa shape index (κ1) is 20.6. The summed E-state index contributed by atoms with van der Waals surface area (Å²) < 4.78 is 5.56. The SMILES string of the molecule is COc1ccc(C(=O)NCCc2c[nH]c3ccccc23)cc1-c1csc(N2CCCC2)n1. The van der Waals surface area contributed by atoms with Crippen LogP contribution >= 0.6 is 11.3 Å². The number of nitrogens with zero attached hydrogens (tertiary/aromatic N) is 2. The van der Waals surface area contributed by atoms with Gasteiger partial charge in [0.05, 0.1) is 12.8 Å². The fraction of sp³-hybridized carbons (Fsp3) is 0.280. The molecular formula is C25H26N4O2S. The number of nitrogens with one attached hydrogen (secondary N) is 2. The third-order valence-corrected chi connectivity index (χ3v) is 6.86. The number of anilines is 1. The van der Waals surface area contributed by atoms with Crippen LogP contribution in [0.3, 0.4) is 0 Å². The van der Waals surface area contributed by atoms with Gasteiger partial charge in [-0.05, 0) is 49.1 Å². The van der Waals surface area contributed by atoms with E-state index in [-0.39, 0.29) is 5.91 Å². The number of aromatic amines is 1. The Kier molecular flexibility index (Phi) is 5.81. The molecule has 1 amide bonds. The Morgan fingerprint density at radius 1 is 1.22 bits per heavy atom. The molecule has 0 atom stereocenters. The van der Waals surface area contributed by atoms with Crippen molar-refractivity contribution in [1.82, 2.24) is 15.3 Å². The van der Waals surface area contributed by atoms with Gasteiger partial charge in [-0.15, -0.1) is 11.3 Å². The van der Waals surface area contributed by atoms with Gasteiger partial charge < -0.3 is 19.9 Å². The second kappa shape index (κ2) is 9.04. The van der Waals surface area contributed by atoms with E-state index >= 15 is 0 Å². The Balaban J connectivity index is 1.30. The van der Waals surface area contributed by atoms with Gasteiger partial charge >= 0.3 is 0 Å². The molecule has 1 aliphatic rings. The van der Waals surface area contributed by atoms with Crippen molar-refractivity contribution in [1.29, 1.82) is 0 Å². The summed E-state index contributed by atoms with van der Waals surface area (Å²) in [6.45, 7) is 2.68. The lowest BCUT2D eigenvalue weighted by Crippen LogP contribution is -2.25. The average Bonchev–Trinajstić information content (AvgIpc) is 3.59. The number of para-hydroxylation sites is 1. The lowest BCUT2D eigenvalue weighted by molar-refractivity contribution is 0.0954. The maximum Gasteiger partial charge on any atom is 0.251 e. The highest BCUT2D eigenvalue weighted by molar-refractivity contribution is 7.14. The summed E-state index contributed by atoms with van der Waals surface area (Å²) in [5.41, 5.74) is 4.62. The van der Waals surface area contributed by atoms with Gasteiger partial charge in [0, 0.05) is 53.2 Å². The molecule has 1 saturated heterocycles. The highest BCUT2D eigenvalue weighted by Crippen LogP contribution is 2.35. The molecular weight excluding hydrogens is 420 g/mol. The van der Waals surface area contributed by atoms with Gasteiger partial charge in [0.25, 0.3) is 5.91 Å². The summed E-state index contributed by atoms with van der Waals surface area (Å²) in [5.74, 6) is 0.627. The van der Waals surface area contributed by atoms with Crippen molar-refractivity contribution in [3.63, 3.8) is 0 Å². The number of carbonyl (C=O) groups is 1. The molecule has 0 unspecified atom stereocenters. The molecule has 4 aromatic rings. The quantitative estimate of drug-likeness (QED) is 0.425. The molecule has 0 bridgehead atoms. The van der Waals surface area contributed by atoms with Gasteiger partial charge in [0.1, 0.15) is 5.75 Å². The fourth-order valence-corrected chi connectivity index (χ4v) is 5.12. The minimum absolute atomic E-state index is 0.0938. The van der Waals surface area contributed by atoms with Crippen LogP contribution in [0, 0.1) is 0 Å². The number of carbonyl (C=O) groups excluding carboxylic acids is 1. The molecule has 2 aromatic heterocycles. The minimum atomic E-state index is -0.0938. The molecule has 5 rings (SSSR count). The predicted octanol–water partition coefficient (Wildman–Crippen LogP) is 4.87. The van der Waals surface area contributed by atoms with E-state index in [1.807, 2.05) is 35.8 Å². The summed E-state index contributed by atoms with van der Waals surface area (Å²) in [7, 11) is 1.65. The van der Waals surface area contributed by atoms with Gasteiger partial charge in [-0.3, -0.25) is 4.79 Å². The van der Waals surface area contributed by atoms with Gasteiger partial charge in [-0.1, -0.05) is 18.2 Å². The molecule has 3 heterocycles. The summed E-state index contributed by atoms with van der Waals surface area (Å²) in [6.07, 6.45) is 5.21. The summed E-state index contributed by atoms with van der Waals surface area (Å²) in [6, 6.07) is 13.7. The first-order chi connectivity index (χ1) is 15.7. The first-order valence-electron chi connectivity index (χ1n) is 10.9. The number of methoxy groups -OCH3 is 1. The number of fused-ring (bicyclic) bond motifs is 1. The second-order valence-corrected chi connectivity index (χ2v) is 8.83. The number of rotatable bonds is 7. The third kappa shape index (κ3) is 4.08. The van der Waals surface area contributed by atoms with Crippen LogP contribution in [-0.4, -0.2) is 42.6 Å². The second-order valence-electron chi connectivity index (χ2n) is 7.99. The number of aromatic nitrogens is 2. The molecule has 7 heteroatoms. The standard InChI is InChI=1S/C25H26N4O2S/c1-31-23-9-8-17(14-20(23)22-16-32-25(28-22)29-12-4-5-13-29)24(30)26-11-10-18-15-27-21-7-3-2-6-19(18)21/h2-3,6-9,14-16,27H,4-5,10-13H2,1H3,(H,26,30). The van der Waals surface area contributed by atoms with Crippen LogP contribution in [0.5, 0.6) is 5.75 Å². The Labute approximate surface area is 191 Å². The van der Waals surface area contributed by atoms with Crippen LogP contribution in [-0.2, 0) is 6.42 Å². The highest BCUT2D eigenvalue weighted by Gasteiger charge is 2.19. The Hall–Kier alpha value is -3.32. The van der Waals surface area contributed by atoms with Crippen molar-refractivity contribution in [2.45, 2.75) is 19.3 Å². The molecule has 1 aliphatic heterocycles. The molecule has 1 fully saturated rings. The molecule has 2 aromatic carbocycles. The lowest BCUT2D eigenvalue weighted by atomic mass is 10.1. The predicted molar refractivity (Wildman–Crippen MR) is 130 cm³/mol. The van der Waals surface area contributed by atoms with Crippen LogP contribution in [0.15, 0.2) is 54.0 Å². The van der Waals surface area contributed by atoms with Gasteiger partial charge in [0.15, 0.2) is 5.13 Å². The highest BCUT2D eigenvalue weighted by atomic mass is 32.1. The van der Waals surface area contributed by atoms with Crippen LogP contribution < -0.4 is 15.0 Å². The van der Waals surface area contributed by atoms with E-state index in [1.54, 1.807) is 24.5 Å². The normalized spacial score (nSPS) is 13.6. The van der Waals surface area contributed by atoms with E-state index in [2.05, 4.69) is 27.3 Å². The van der Waals surface area contributed by atoms with Gasteiger partial charge in [-0.2, -0.15) is 0 Å². The number of ether oxygens (including phenoxy) is 1. The number of hydrogen-bond donors (Lipinski definition) is 2. The maximum absolute atomic E-state index is 12.8. The van der Waals surface area contributed by atoms with E-state index in [9.17, 15) is 4.79 Å². The molecule has 0 saturated carbocycles. The average molecular weight is 447 g/mol. The molecule has 164 valence electrons. The fourth-order valence-electron chi connectivity index (χ4n) is 4.24. The smallest absolute Gasteiger partial charge is 0.251 e. The molecule has 0 aliphatic carbocycles. The first-order valence-corrected chi connectivity index (χ1v) is 11.8. The van der Waals surface area contributed by atoms with Crippen molar-refractivity contribution in [3.8, 4) is 17.0 Å². The number of amides is 1. The van der Waals surface area contributed by atoms with Gasteiger partial charge in [0.2, 0.25) is 0 Å². The molecule has 32 heavy (non-hydrogen) atoms. The molecule has 6 nitrogen and oxygen atoms in total. The monoisotopic (exact) mass is 446 g/mol. The van der Waals surface area contributed by atoms with Crippen molar-refractivity contribution < 1.29 is 9.53 Å². The maximum atomic E-state index is 12.8. The number of H-pyrrole nitrogens is 1. The molecule has 2 N–H and O–H groups in total. The van der Waals surface area contributed by atoms with Crippen molar-refractivity contribution in [2.75, 3.05) is 31.6 Å². The largest absolute Gasteiger partial charge is 0.496 e. The lowest BCUT2D eigenvalue weighted by Gasteiger charge is -2.13. The summed E-state index contributed by atoms with van der Waals surface area (Å²) in [5, 5.41) is 7.33. The van der Waals surface area contributed by atoms with Crippen molar-refractivity contribution in [2.24, 2.45) is 0 Å². The van der Waals surface area contributed by atoms with Crippen LogP contribution in [0.25, 0.3) is 22.2 Å². The van der Waals surface area contributed by atoms with Crippen LogP contribution in [0.4, 0.5) is 5.13 Å². The van der Waals surface area contributed by atoms with Crippen molar-refractivity contribution >= 4 is 33.3 Å². The zero-order valence-electron chi connectivity index (χ0n) is 18.1. The summed E-state index contributed by atoms with van der Waals surface area (Å²) >= 11 is 1.64. The van der Waals surface area contributed by atoms with E-state index in [0.29, 0.717) is 12.1 Å². The van der Waals surface area contributed by atoms with Crippen molar-refractivity contribution in [3.05, 3.63) is 65.2 Å². The zero-order chi connectivity index (χ0) is 21.9. The number of benzene rings is 2. The van der Waals surface area contributed by atoms with E-state index < -0.39 is 0 Å². The van der Waals surface area contributed by atoms with E-state index in [1.165, 1.54) is 23.8 Å². The third-order valence-electron chi connectivity index (χ3n) is 5.96. The number of thiazole rings is 1. The summed E-state index contributed by atoms with van der Waals surface area (Å²) in [4.78, 5) is 23.3. The van der Waals surface area contributed by atoms with Crippen LogP contribution in [0.2, 0.25) is 0 Å². The van der Waals surface area contributed by atoms with E-state index in [4.69, 9.17) is 9.72 Å². The zero-order valence-corrected chi connectivity index (χ0v) is 18.9. The van der Waals surface area contributed by atoms with Gasteiger partial charge in [-0.25, -0.2) is 4.98 Å². The Bertz CT molecular complexity index is 1240. The topological polar surface area (TPSA) is 70.2 Å².